The van der Waals surface area contributed by atoms with Gasteiger partial charge in [-0.1, -0.05) is 30.3 Å². The highest BCUT2D eigenvalue weighted by molar-refractivity contribution is 5.96. The average Bonchev–Trinajstić information content (AvgIpc) is 2.94. The van der Waals surface area contributed by atoms with Crippen LogP contribution in [0.5, 0.6) is 5.75 Å². The van der Waals surface area contributed by atoms with Crippen molar-refractivity contribution >= 4 is 17.7 Å². The second kappa shape index (κ2) is 12.7. The van der Waals surface area contributed by atoms with Crippen LogP contribution >= 0.6 is 0 Å². The Labute approximate surface area is 230 Å². The minimum absolute atomic E-state index is 0.0630. The minimum Gasteiger partial charge on any atom is -0.507 e. The molecule has 0 fully saturated rings. The number of nitrogens with zero attached hydrogens (tertiary/aromatic N) is 1. The maximum absolute atomic E-state index is 13.6. The van der Waals surface area contributed by atoms with Crippen LogP contribution in [-0.2, 0) is 17.4 Å². The number of carbonyl (C=O) groups is 3. The average molecular weight is 554 g/mol. The lowest BCUT2D eigenvalue weighted by Crippen LogP contribution is -2.36. The van der Waals surface area contributed by atoms with Gasteiger partial charge < -0.3 is 20.6 Å². The number of alkyl halides is 3. The number of amides is 3. The van der Waals surface area contributed by atoms with Crippen molar-refractivity contribution in [1.29, 1.82) is 0 Å². The predicted octanol–water partition coefficient (Wildman–Crippen LogP) is 4.79. The van der Waals surface area contributed by atoms with E-state index in [2.05, 4.69) is 10.6 Å². The second-order valence-corrected chi connectivity index (χ2v) is 9.58. The van der Waals surface area contributed by atoms with Crippen LogP contribution in [0.15, 0.2) is 66.7 Å². The van der Waals surface area contributed by atoms with Gasteiger partial charge in [0.15, 0.2) is 0 Å². The molecular formula is C30H30F3N3O4. The van der Waals surface area contributed by atoms with Crippen molar-refractivity contribution in [1.82, 2.24) is 15.5 Å². The van der Waals surface area contributed by atoms with Crippen LogP contribution in [0.3, 0.4) is 0 Å². The van der Waals surface area contributed by atoms with Gasteiger partial charge in [-0.2, -0.15) is 13.2 Å². The molecule has 7 nitrogen and oxygen atoms in total. The van der Waals surface area contributed by atoms with Crippen LogP contribution in [0, 0.1) is 0 Å². The summed E-state index contributed by atoms with van der Waals surface area (Å²) >= 11 is 0. The number of phenolic OH excluding ortho intramolecular Hbond substituents is 1. The van der Waals surface area contributed by atoms with Crippen molar-refractivity contribution in [2.24, 2.45) is 0 Å². The van der Waals surface area contributed by atoms with Crippen LogP contribution in [0.1, 0.15) is 51.1 Å². The summed E-state index contributed by atoms with van der Waals surface area (Å²) in [5.41, 5.74) is 0.985. The molecule has 0 aromatic heterocycles. The normalized spacial score (nSPS) is 15.7. The van der Waals surface area contributed by atoms with Crippen LogP contribution in [0.4, 0.5) is 13.2 Å². The van der Waals surface area contributed by atoms with E-state index in [9.17, 15) is 32.7 Å². The second-order valence-electron chi connectivity index (χ2n) is 9.58. The van der Waals surface area contributed by atoms with Crippen molar-refractivity contribution in [2.45, 2.75) is 31.9 Å². The Bertz CT molecular complexity index is 1390. The molecule has 1 aliphatic rings. The molecule has 3 N–H and O–H groups in total. The van der Waals surface area contributed by atoms with Gasteiger partial charge in [0.25, 0.3) is 11.8 Å². The first-order valence-corrected chi connectivity index (χ1v) is 13.1. The molecule has 0 unspecified atom stereocenters. The van der Waals surface area contributed by atoms with E-state index in [0.717, 1.165) is 17.7 Å². The van der Waals surface area contributed by atoms with Crippen molar-refractivity contribution in [3.8, 4) is 16.9 Å². The molecular weight excluding hydrogens is 523 g/mol. The number of halogens is 3. The van der Waals surface area contributed by atoms with Gasteiger partial charge in [0.2, 0.25) is 5.91 Å². The molecule has 3 aromatic carbocycles. The number of hydrogen-bond acceptors (Lipinski definition) is 4. The van der Waals surface area contributed by atoms with E-state index >= 15 is 0 Å². The zero-order valence-electron chi connectivity index (χ0n) is 21.8. The molecule has 1 aliphatic heterocycles. The summed E-state index contributed by atoms with van der Waals surface area (Å²) in [5.74, 6) is -1.31. The summed E-state index contributed by atoms with van der Waals surface area (Å²) in [6, 6.07) is 16.6. The summed E-state index contributed by atoms with van der Waals surface area (Å²) in [7, 11) is 0. The van der Waals surface area contributed by atoms with E-state index in [4.69, 9.17) is 0 Å². The Morgan fingerprint density at radius 2 is 1.57 bits per heavy atom. The Morgan fingerprint density at radius 1 is 0.825 bits per heavy atom. The van der Waals surface area contributed by atoms with Gasteiger partial charge in [-0.05, 0) is 66.8 Å². The largest absolute Gasteiger partial charge is 0.507 e. The number of phenols is 1. The van der Waals surface area contributed by atoms with E-state index in [1.807, 2.05) is 6.07 Å². The van der Waals surface area contributed by atoms with Gasteiger partial charge >= 0.3 is 6.18 Å². The van der Waals surface area contributed by atoms with Gasteiger partial charge in [0.05, 0.1) is 11.1 Å². The van der Waals surface area contributed by atoms with Gasteiger partial charge in [0, 0.05) is 43.7 Å². The zero-order chi connectivity index (χ0) is 28.7. The number of rotatable bonds is 1. The SMILES string of the molecule is O=C1CCCN(C(=O)c2ccccc2C(F)(F)F)CCCNC(=O)c2cccc(c2)-c2cc(ccc2O)CCN1. The van der Waals surface area contributed by atoms with Crippen LogP contribution in [-0.4, -0.2) is 53.9 Å². The highest BCUT2D eigenvalue weighted by Crippen LogP contribution is 2.33. The fourth-order valence-corrected chi connectivity index (χ4v) is 4.64. The highest BCUT2D eigenvalue weighted by atomic mass is 19.4. The third-order valence-corrected chi connectivity index (χ3v) is 6.70. The van der Waals surface area contributed by atoms with E-state index in [0.29, 0.717) is 36.1 Å². The van der Waals surface area contributed by atoms with Gasteiger partial charge in [0.1, 0.15) is 5.75 Å². The Morgan fingerprint density at radius 3 is 2.38 bits per heavy atom. The van der Waals surface area contributed by atoms with E-state index in [1.54, 1.807) is 36.4 Å². The maximum Gasteiger partial charge on any atom is 0.417 e. The van der Waals surface area contributed by atoms with Gasteiger partial charge in [-0.15, -0.1) is 0 Å². The molecule has 0 aliphatic carbocycles. The first-order valence-electron chi connectivity index (χ1n) is 13.1. The van der Waals surface area contributed by atoms with E-state index in [-0.39, 0.29) is 50.0 Å². The molecule has 210 valence electrons. The fourth-order valence-electron chi connectivity index (χ4n) is 4.64. The lowest BCUT2D eigenvalue weighted by molar-refractivity contribution is -0.138. The van der Waals surface area contributed by atoms with Crippen LogP contribution in [0.25, 0.3) is 11.1 Å². The molecule has 0 radical (unpaired) electrons. The standard InChI is InChI=1S/C30H30F3N3O4/c31-30(32,33)25-9-2-1-8-23(25)29(40)36-16-4-10-27(38)34-15-13-20-11-12-26(37)24(18-20)21-6-3-7-22(19-21)28(39)35-14-5-17-36/h1-3,6-9,11-12,18-19,37H,4-5,10,13-17H2,(H,34,38)(H,35,39). The maximum atomic E-state index is 13.6. The Balaban J connectivity index is 1.56. The summed E-state index contributed by atoms with van der Waals surface area (Å²) in [4.78, 5) is 39.8. The summed E-state index contributed by atoms with van der Waals surface area (Å²) in [6.45, 7) is 0.685. The van der Waals surface area contributed by atoms with E-state index in [1.165, 1.54) is 17.0 Å². The molecule has 0 saturated carbocycles. The number of benzene rings is 3. The van der Waals surface area contributed by atoms with Crippen LogP contribution in [0.2, 0.25) is 0 Å². The molecule has 0 spiro atoms. The molecule has 3 aromatic rings. The molecule has 10 heteroatoms. The van der Waals surface area contributed by atoms with E-state index < -0.39 is 23.2 Å². The first kappa shape index (κ1) is 28.7. The minimum atomic E-state index is -4.69. The smallest absolute Gasteiger partial charge is 0.417 e. The Hall–Kier alpha value is -4.34. The molecule has 40 heavy (non-hydrogen) atoms. The fraction of sp³-hybridized carbons (Fsp3) is 0.300. The van der Waals surface area contributed by atoms with Crippen molar-refractivity contribution in [3.63, 3.8) is 0 Å². The lowest BCUT2D eigenvalue weighted by Gasteiger charge is -2.24. The third-order valence-electron chi connectivity index (χ3n) is 6.70. The van der Waals surface area contributed by atoms with Crippen molar-refractivity contribution in [2.75, 3.05) is 26.2 Å². The molecule has 3 amide bonds. The topological polar surface area (TPSA) is 98.7 Å². The number of carbonyl (C=O) groups excluding carboxylic acids is 3. The monoisotopic (exact) mass is 553 g/mol. The highest BCUT2D eigenvalue weighted by Gasteiger charge is 2.35. The lowest BCUT2D eigenvalue weighted by atomic mass is 9.98. The van der Waals surface area contributed by atoms with Crippen molar-refractivity contribution < 1.29 is 32.7 Å². The summed E-state index contributed by atoms with van der Waals surface area (Å²) in [5, 5.41) is 16.0. The zero-order valence-corrected chi connectivity index (χ0v) is 21.8. The number of hydrogen-bond donors (Lipinski definition) is 3. The van der Waals surface area contributed by atoms with Crippen LogP contribution < -0.4 is 10.6 Å². The predicted molar refractivity (Wildman–Crippen MR) is 144 cm³/mol. The number of aromatic hydroxyl groups is 1. The molecule has 4 bridgehead atoms. The third kappa shape index (κ3) is 7.19. The Kier molecular flexibility index (Phi) is 9.08. The summed E-state index contributed by atoms with van der Waals surface area (Å²) in [6.07, 6.45) is -3.56. The molecule has 0 saturated heterocycles. The van der Waals surface area contributed by atoms with Crippen molar-refractivity contribution in [3.05, 3.63) is 89.0 Å². The number of nitrogens with one attached hydrogen (secondary N) is 2. The quantitative estimate of drug-likeness (QED) is 0.404. The molecule has 4 rings (SSSR count). The molecule has 0 atom stereocenters. The van der Waals surface area contributed by atoms with Gasteiger partial charge in [-0.3, -0.25) is 14.4 Å². The molecule has 1 heterocycles. The van der Waals surface area contributed by atoms with Gasteiger partial charge in [-0.25, -0.2) is 0 Å². The number of fused-ring (bicyclic) bond motifs is 5. The summed E-state index contributed by atoms with van der Waals surface area (Å²) < 4.78 is 40.7. The first-order chi connectivity index (χ1) is 19.1.